The van der Waals surface area contributed by atoms with Crippen LogP contribution in [0.2, 0.25) is 0 Å². The van der Waals surface area contributed by atoms with Gasteiger partial charge in [-0.1, -0.05) is 0 Å². The van der Waals surface area contributed by atoms with Crippen LogP contribution in [0.3, 0.4) is 0 Å². The van der Waals surface area contributed by atoms with E-state index in [2.05, 4.69) is 15.0 Å². The number of nitrogens with zero attached hydrogens (tertiary/aromatic N) is 3. The summed E-state index contributed by atoms with van der Waals surface area (Å²) in [5.41, 5.74) is 9.52. The Kier molecular flexibility index (Phi) is 3.34. The molecule has 0 radical (unpaired) electrons. The third-order valence-electron chi connectivity index (χ3n) is 3.30. The first kappa shape index (κ1) is 13.6. The van der Waals surface area contributed by atoms with Gasteiger partial charge in [0.2, 0.25) is 5.95 Å². The van der Waals surface area contributed by atoms with Gasteiger partial charge in [0.15, 0.2) is 0 Å². The zero-order valence-electron chi connectivity index (χ0n) is 11.8. The Hall–Kier alpha value is -2.41. The van der Waals surface area contributed by atoms with Gasteiger partial charge in [-0.15, -0.1) is 11.3 Å². The number of hydrogen-bond acceptors (Lipinski definition) is 6. The fourth-order valence-corrected chi connectivity index (χ4v) is 2.92. The SMILES string of the molecule is Cc1ncsc1CN(C)c1nc2ccc(N)cc2c(=O)[nH]1. The van der Waals surface area contributed by atoms with E-state index in [0.29, 0.717) is 29.1 Å². The number of thiazole rings is 1. The van der Waals surface area contributed by atoms with Crippen molar-refractivity contribution in [2.45, 2.75) is 13.5 Å². The van der Waals surface area contributed by atoms with E-state index in [9.17, 15) is 4.79 Å². The summed E-state index contributed by atoms with van der Waals surface area (Å²) in [6.45, 7) is 2.62. The van der Waals surface area contributed by atoms with Crippen molar-refractivity contribution >= 4 is 33.9 Å². The van der Waals surface area contributed by atoms with Crippen LogP contribution >= 0.6 is 11.3 Å². The van der Waals surface area contributed by atoms with Gasteiger partial charge in [0.1, 0.15) is 0 Å². The number of anilines is 2. The summed E-state index contributed by atoms with van der Waals surface area (Å²) in [6.07, 6.45) is 0. The third kappa shape index (κ3) is 2.59. The topological polar surface area (TPSA) is 87.9 Å². The number of nitrogens with two attached hydrogens (primary N) is 1. The summed E-state index contributed by atoms with van der Waals surface area (Å²) >= 11 is 1.59. The molecule has 2 aromatic heterocycles. The quantitative estimate of drug-likeness (QED) is 0.721. The molecule has 3 N–H and O–H groups in total. The van der Waals surface area contributed by atoms with Gasteiger partial charge in [0, 0.05) is 17.6 Å². The highest BCUT2D eigenvalue weighted by molar-refractivity contribution is 7.09. The maximum absolute atomic E-state index is 12.1. The second kappa shape index (κ2) is 5.17. The van der Waals surface area contributed by atoms with E-state index in [1.165, 1.54) is 0 Å². The first-order valence-electron chi connectivity index (χ1n) is 6.44. The second-order valence-corrected chi connectivity index (χ2v) is 5.82. The van der Waals surface area contributed by atoms with Crippen molar-refractivity contribution in [1.29, 1.82) is 0 Å². The molecule has 3 aromatic rings. The molecule has 6 nitrogen and oxygen atoms in total. The summed E-state index contributed by atoms with van der Waals surface area (Å²) < 4.78 is 0. The van der Waals surface area contributed by atoms with Crippen molar-refractivity contribution in [3.8, 4) is 0 Å². The van der Waals surface area contributed by atoms with Crippen molar-refractivity contribution in [2.24, 2.45) is 0 Å². The Morgan fingerprint density at radius 3 is 2.95 bits per heavy atom. The van der Waals surface area contributed by atoms with Crippen LogP contribution in [0.5, 0.6) is 0 Å². The molecular weight excluding hydrogens is 286 g/mol. The predicted molar refractivity (Wildman–Crippen MR) is 85.7 cm³/mol. The van der Waals surface area contributed by atoms with Crippen molar-refractivity contribution in [3.63, 3.8) is 0 Å². The van der Waals surface area contributed by atoms with E-state index >= 15 is 0 Å². The molecule has 7 heteroatoms. The first-order chi connectivity index (χ1) is 10.0. The number of aromatic nitrogens is 3. The predicted octanol–water partition coefficient (Wildman–Crippen LogP) is 1.91. The maximum Gasteiger partial charge on any atom is 0.260 e. The lowest BCUT2D eigenvalue weighted by Gasteiger charge is -2.17. The Morgan fingerprint density at radius 1 is 1.43 bits per heavy atom. The van der Waals surface area contributed by atoms with Crippen molar-refractivity contribution in [2.75, 3.05) is 17.7 Å². The van der Waals surface area contributed by atoms with E-state index in [0.717, 1.165) is 10.6 Å². The molecule has 0 fully saturated rings. The minimum Gasteiger partial charge on any atom is -0.399 e. The molecule has 0 bridgehead atoms. The van der Waals surface area contributed by atoms with E-state index < -0.39 is 0 Å². The lowest BCUT2D eigenvalue weighted by molar-refractivity contribution is 0.872. The van der Waals surface area contributed by atoms with Gasteiger partial charge in [-0.2, -0.15) is 0 Å². The monoisotopic (exact) mass is 301 g/mol. The fraction of sp³-hybridized carbons (Fsp3) is 0.214. The van der Waals surface area contributed by atoms with E-state index in [1.54, 1.807) is 29.5 Å². The summed E-state index contributed by atoms with van der Waals surface area (Å²) in [4.78, 5) is 26.7. The van der Waals surface area contributed by atoms with E-state index in [-0.39, 0.29) is 5.56 Å². The van der Waals surface area contributed by atoms with Crippen LogP contribution in [0.1, 0.15) is 10.6 Å². The molecule has 0 saturated carbocycles. The first-order valence-corrected chi connectivity index (χ1v) is 7.32. The molecule has 0 spiro atoms. The lowest BCUT2D eigenvalue weighted by atomic mass is 10.2. The summed E-state index contributed by atoms with van der Waals surface area (Å²) in [5, 5.41) is 0.501. The number of H-pyrrole nitrogens is 1. The number of nitrogens with one attached hydrogen (secondary N) is 1. The van der Waals surface area contributed by atoms with Gasteiger partial charge >= 0.3 is 0 Å². The standard InChI is InChI=1S/C14H15N5OS/c1-8-12(21-7-16-8)6-19(2)14-17-11-4-3-9(15)5-10(11)13(20)18-14/h3-5,7H,6,15H2,1-2H3,(H,17,18,20). The van der Waals surface area contributed by atoms with Gasteiger partial charge in [-0.25, -0.2) is 9.97 Å². The summed E-state index contributed by atoms with van der Waals surface area (Å²) in [5.74, 6) is 0.532. The van der Waals surface area contributed by atoms with Crippen molar-refractivity contribution in [1.82, 2.24) is 15.0 Å². The highest BCUT2D eigenvalue weighted by Crippen LogP contribution is 2.18. The molecule has 0 aliphatic heterocycles. The minimum absolute atomic E-state index is 0.185. The molecule has 21 heavy (non-hydrogen) atoms. The van der Waals surface area contributed by atoms with Crippen LogP contribution in [0, 0.1) is 6.92 Å². The largest absolute Gasteiger partial charge is 0.399 e. The number of benzene rings is 1. The van der Waals surface area contributed by atoms with Crippen LogP contribution in [-0.2, 0) is 6.54 Å². The molecule has 0 atom stereocenters. The number of aromatic amines is 1. The zero-order valence-corrected chi connectivity index (χ0v) is 12.6. The van der Waals surface area contributed by atoms with Crippen LogP contribution in [-0.4, -0.2) is 22.0 Å². The maximum atomic E-state index is 12.1. The minimum atomic E-state index is -0.185. The molecule has 108 valence electrons. The normalized spacial score (nSPS) is 11.0. The van der Waals surface area contributed by atoms with Crippen molar-refractivity contribution < 1.29 is 0 Å². The molecule has 2 heterocycles. The van der Waals surface area contributed by atoms with Crippen LogP contribution < -0.4 is 16.2 Å². The van der Waals surface area contributed by atoms with Gasteiger partial charge in [-0.05, 0) is 25.1 Å². The Morgan fingerprint density at radius 2 is 2.24 bits per heavy atom. The van der Waals surface area contributed by atoms with E-state index in [1.807, 2.05) is 24.4 Å². The Labute approximate surface area is 125 Å². The molecule has 0 amide bonds. The molecule has 3 rings (SSSR count). The van der Waals surface area contributed by atoms with Gasteiger partial charge in [0.25, 0.3) is 5.56 Å². The average Bonchev–Trinajstić information content (AvgIpc) is 2.85. The number of aryl methyl sites for hydroxylation is 1. The molecule has 0 aliphatic rings. The number of rotatable bonds is 3. The zero-order chi connectivity index (χ0) is 15.0. The van der Waals surface area contributed by atoms with E-state index in [4.69, 9.17) is 5.73 Å². The number of nitrogen functional groups attached to an aromatic ring is 1. The van der Waals surface area contributed by atoms with Crippen molar-refractivity contribution in [3.05, 3.63) is 44.6 Å². The second-order valence-electron chi connectivity index (χ2n) is 4.88. The molecule has 0 aliphatic carbocycles. The summed E-state index contributed by atoms with van der Waals surface area (Å²) in [7, 11) is 1.89. The lowest BCUT2D eigenvalue weighted by Crippen LogP contribution is -2.22. The van der Waals surface area contributed by atoms with Crippen LogP contribution in [0.15, 0.2) is 28.5 Å². The average molecular weight is 301 g/mol. The van der Waals surface area contributed by atoms with Gasteiger partial charge in [-0.3, -0.25) is 9.78 Å². The molecule has 1 aromatic carbocycles. The van der Waals surface area contributed by atoms with Gasteiger partial charge < -0.3 is 10.6 Å². The number of fused-ring (bicyclic) bond motifs is 1. The molecule has 0 unspecified atom stereocenters. The Balaban J connectivity index is 1.99. The highest BCUT2D eigenvalue weighted by Gasteiger charge is 2.11. The smallest absolute Gasteiger partial charge is 0.260 e. The van der Waals surface area contributed by atoms with Crippen LogP contribution in [0.4, 0.5) is 11.6 Å². The molecular formula is C14H15N5OS. The van der Waals surface area contributed by atoms with Gasteiger partial charge in [0.05, 0.1) is 28.7 Å². The Bertz CT molecular complexity index is 854. The summed E-state index contributed by atoms with van der Waals surface area (Å²) in [6, 6.07) is 5.14. The highest BCUT2D eigenvalue weighted by atomic mass is 32.1. The third-order valence-corrected chi connectivity index (χ3v) is 4.22. The fourth-order valence-electron chi connectivity index (χ4n) is 2.09. The van der Waals surface area contributed by atoms with Crippen LogP contribution in [0.25, 0.3) is 10.9 Å². The number of hydrogen-bond donors (Lipinski definition) is 2. The molecule has 0 saturated heterocycles.